The molecular formula is C11H13N3O. The maximum Gasteiger partial charge on any atom is 0.221 e. The summed E-state index contributed by atoms with van der Waals surface area (Å²) < 4.78 is 1.93. The SMILES string of the molecule is Cc1cc(CC(N)=O)c2nc(C)cn2c1. The first kappa shape index (κ1) is 9.71. The minimum atomic E-state index is -0.330. The molecule has 4 heteroatoms. The Labute approximate surface area is 87.7 Å². The minimum Gasteiger partial charge on any atom is -0.369 e. The first-order valence-corrected chi connectivity index (χ1v) is 4.79. The largest absolute Gasteiger partial charge is 0.369 e. The highest BCUT2D eigenvalue weighted by molar-refractivity contribution is 5.78. The number of fused-ring (bicyclic) bond motifs is 1. The van der Waals surface area contributed by atoms with Crippen molar-refractivity contribution in [3.63, 3.8) is 0 Å². The van der Waals surface area contributed by atoms with Gasteiger partial charge in [-0.2, -0.15) is 0 Å². The van der Waals surface area contributed by atoms with Gasteiger partial charge in [0, 0.05) is 18.0 Å². The van der Waals surface area contributed by atoms with Crippen LogP contribution >= 0.6 is 0 Å². The minimum absolute atomic E-state index is 0.238. The summed E-state index contributed by atoms with van der Waals surface area (Å²) in [6.45, 7) is 3.91. The van der Waals surface area contributed by atoms with Crippen molar-refractivity contribution in [1.82, 2.24) is 9.38 Å². The lowest BCUT2D eigenvalue weighted by molar-refractivity contribution is -0.117. The topological polar surface area (TPSA) is 60.4 Å². The van der Waals surface area contributed by atoms with Gasteiger partial charge in [-0.3, -0.25) is 4.79 Å². The van der Waals surface area contributed by atoms with Crippen molar-refractivity contribution in [3.8, 4) is 0 Å². The fraction of sp³-hybridized carbons (Fsp3) is 0.273. The molecular weight excluding hydrogens is 190 g/mol. The van der Waals surface area contributed by atoms with Crippen LogP contribution in [-0.4, -0.2) is 15.3 Å². The molecule has 2 heterocycles. The number of carbonyl (C=O) groups excluding carboxylic acids is 1. The van der Waals surface area contributed by atoms with Gasteiger partial charge in [0.05, 0.1) is 12.1 Å². The van der Waals surface area contributed by atoms with Crippen LogP contribution in [0.15, 0.2) is 18.5 Å². The van der Waals surface area contributed by atoms with Crippen LogP contribution in [0.1, 0.15) is 16.8 Å². The Bertz CT molecular complexity index is 528. The number of rotatable bonds is 2. The van der Waals surface area contributed by atoms with Crippen LogP contribution in [0.3, 0.4) is 0 Å². The molecule has 0 atom stereocenters. The number of amides is 1. The van der Waals surface area contributed by atoms with Crippen LogP contribution in [0.25, 0.3) is 5.65 Å². The zero-order valence-electron chi connectivity index (χ0n) is 8.82. The Morgan fingerprint density at radius 2 is 2.20 bits per heavy atom. The van der Waals surface area contributed by atoms with Gasteiger partial charge in [0.2, 0.25) is 5.91 Å². The molecule has 0 saturated heterocycles. The van der Waals surface area contributed by atoms with E-state index in [1.807, 2.05) is 36.7 Å². The molecule has 2 rings (SSSR count). The first-order valence-electron chi connectivity index (χ1n) is 4.79. The van der Waals surface area contributed by atoms with Gasteiger partial charge in [0.25, 0.3) is 0 Å². The van der Waals surface area contributed by atoms with Crippen molar-refractivity contribution in [2.45, 2.75) is 20.3 Å². The molecule has 4 nitrogen and oxygen atoms in total. The number of hydrogen-bond donors (Lipinski definition) is 1. The number of aryl methyl sites for hydroxylation is 2. The summed E-state index contributed by atoms with van der Waals surface area (Å²) in [5.74, 6) is -0.330. The first-order chi connectivity index (χ1) is 7.06. The van der Waals surface area contributed by atoms with Crippen molar-refractivity contribution < 1.29 is 4.79 Å². The van der Waals surface area contributed by atoms with Crippen molar-refractivity contribution in [3.05, 3.63) is 35.3 Å². The predicted octanol–water partition coefficient (Wildman–Crippen LogP) is 0.979. The van der Waals surface area contributed by atoms with Crippen molar-refractivity contribution in [1.29, 1.82) is 0 Å². The molecule has 0 unspecified atom stereocenters. The van der Waals surface area contributed by atoms with Gasteiger partial charge >= 0.3 is 0 Å². The summed E-state index contributed by atoms with van der Waals surface area (Å²) in [6, 6.07) is 1.95. The average molecular weight is 203 g/mol. The van der Waals surface area contributed by atoms with E-state index in [9.17, 15) is 4.79 Å². The van der Waals surface area contributed by atoms with E-state index in [-0.39, 0.29) is 12.3 Å². The molecule has 0 saturated carbocycles. The molecule has 2 N–H and O–H groups in total. The molecule has 0 bridgehead atoms. The molecule has 0 aliphatic carbocycles. The monoisotopic (exact) mass is 203 g/mol. The fourth-order valence-electron chi connectivity index (χ4n) is 1.77. The lowest BCUT2D eigenvalue weighted by atomic mass is 10.1. The average Bonchev–Trinajstić information content (AvgIpc) is 2.44. The van der Waals surface area contributed by atoms with Crippen LogP contribution in [0.5, 0.6) is 0 Å². The van der Waals surface area contributed by atoms with E-state index in [4.69, 9.17) is 5.73 Å². The van der Waals surface area contributed by atoms with Crippen LogP contribution in [-0.2, 0) is 11.2 Å². The summed E-state index contributed by atoms with van der Waals surface area (Å²) in [4.78, 5) is 15.3. The highest BCUT2D eigenvalue weighted by atomic mass is 16.1. The maximum absolute atomic E-state index is 10.9. The number of primary amides is 1. The molecule has 0 spiro atoms. The highest BCUT2D eigenvalue weighted by Crippen LogP contribution is 2.14. The quantitative estimate of drug-likeness (QED) is 0.790. The zero-order chi connectivity index (χ0) is 11.0. The van der Waals surface area contributed by atoms with Gasteiger partial charge in [-0.05, 0) is 19.4 Å². The number of nitrogens with two attached hydrogens (primary N) is 1. The number of imidazole rings is 1. The van der Waals surface area contributed by atoms with Gasteiger partial charge in [-0.15, -0.1) is 0 Å². The second kappa shape index (κ2) is 3.38. The number of nitrogens with zero attached hydrogens (tertiary/aromatic N) is 2. The summed E-state index contributed by atoms with van der Waals surface area (Å²) >= 11 is 0. The molecule has 0 aliphatic heterocycles. The third kappa shape index (κ3) is 1.83. The summed E-state index contributed by atoms with van der Waals surface area (Å²) in [6.07, 6.45) is 4.16. The van der Waals surface area contributed by atoms with E-state index >= 15 is 0 Å². The third-order valence-corrected chi connectivity index (χ3v) is 2.25. The third-order valence-electron chi connectivity index (χ3n) is 2.25. The molecule has 0 radical (unpaired) electrons. The molecule has 78 valence electrons. The van der Waals surface area contributed by atoms with E-state index in [2.05, 4.69) is 4.98 Å². The normalized spacial score (nSPS) is 10.8. The zero-order valence-corrected chi connectivity index (χ0v) is 8.82. The van der Waals surface area contributed by atoms with E-state index in [1.54, 1.807) is 0 Å². The van der Waals surface area contributed by atoms with E-state index in [0.29, 0.717) is 0 Å². The highest BCUT2D eigenvalue weighted by Gasteiger charge is 2.07. The van der Waals surface area contributed by atoms with Gasteiger partial charge in [0.15, 0.2) is 0 Å². The predicted molar refractivity (Wildman–Crippen MR) is 57.6 cm³/mol. The smallest absolute Gasteiger partial charge is 0.221 e. The Balaban J connectivity index is 2.64. The number of pyridine rings is 1. The van der Waals surface area contributed by atoms with Crippen LogP contribution in [0.2, 0.25) is 0 Å². The van der Waals surface area contributed by atoms with Crippen LogP contribution < -0.4 is 5.73 Å². The second-order valence-corrected chi connectivity index (χ2v) is 3.80. The van der Waals surface area contributed by atoms with E-state index in [1.165, 1.54) is 0 Å². The Morgan fingerprint density at radius 3 is 2.87 bits per heavy atom. The van der Waals surface area contributed by atoms with Crippen molar-refractivity contribution in [2.24, 2.45) is 5.73 Å². The molecule has 0 aromatic carbocycles. The van der Waals surface area contributed by atoms with Crippen LogP contribution in [0.4, 0.5) is 0 Å². The summed E-state index contributed by atoms with van der Waals surface area (Å²) in [7, 11) is 0. The van der Waals surface area contributed by atoms with Crippen molar-refractivity contribution >= 4 is 11.6 Å². The summed E-state index contributed by atoms with van der Waals surface area (Å²) in [5.41, 5.74) is 8.93. The van der Waals surface area contributed by atoms with Crippen molar-refractivity contribution in [2.75, 3.05) is 0 Å². The van der Waals surface area contributed by atoms with Gasteiger partial charge < -0.3 is 10.1 Å². The molecule has 15 heavy (non-hydrogen) atoms. The Hall–Kier alpha value is -1.84. The van der Waals surface area contributed by atoms with E-state index < -0.39 is 0 Å². The summed E-state index contributed by atoms with van der Waals surface area (Å²) in [5, 5.41) is 0. The molecule has 0 fully saturated rings. The molecule has 1 amide bonds. The fourth-order valence-corrected chi connectivity index (χ4v) is 1.77. The number of carbonyl (C=O) groups is 1. The van der Waals surface area contributed by atoms with Gasteiger partial charge in [-0.25, -0.2) is 4.98 Å². The molecule has 2 aromatic heterocycles. The number of hydrogen-bond acceptors (Lipinski definition) is 2. The standard InChI is InChI=1S/C11H13N3O/c1-7-3-9(4-10(12)15)11-13-8(2)6-14(11)5-7/h3,5-6H,4H2,1-2H3,(H2,12,15). The maximum atomic E-state index is 10.9. The Morgan fingerprint density at radius 1 is 1.47 bits per heavy atom. The molecule has 0 aliphatic rings. The number of aromatic nitrogens is 2. The van der Waals surface area contributed by atoms with Gasteiger partial charge in [0.1, 0.15) is 5.65 Å². The van der Waals surface area contributed by atoms with Gasteiger partial charge in [-0.1, -0.05) is 6.07 Å². The second-order valence-electron chi connectivity index (χ2n) is 3.80. The van der Waals surface area contributed by atoms with Crippen LogP contribution in [0, 0.1) is 13.8 Å². The molecule has 2 aromatic rings. The lowest BCUT2D eigenvalue weighted by Gasteiger charge is -2.03. The van der Waals surface area contributed by atoms with E-state index in [0.717, 1.165) is 22.5 Å². The Kier molecular flexibility index (Phi) is 2.19. The lowest BCUT2D eigenvalue weighted by Crippen LogP contribution is -2.14.